The summed E-state index contributed by atoms with van der Waals surface area (Å²) >= 11 is 0. The van der Waals surface area contributed by atoms with Crippen molar-refractivity contribution in [3.63, 3.8) is 0 Å². The largest absolute Gasteiger partial charge is 0.365 e. The maximum atomic E-state index is 13.6. The maximum absolute atomic E-state index is 13.6. The number of benzene rings is 1. The van der Waals surface area contributed by atoms with Crippen LogP contribution in [0.2, 0.25) is 0 Å². The van der Waals surface area contributed by atoms with Gasteiger partial charge in [0.1, 0.15) is 11.6 Å². The molecule has 0 N–H and O–H groups in total. The molecule has 3 rings (SSSR count). The Kier molecular flexibility index (Phi) is 4.16. The van der Waals surface area contributed by atoms with Crippen molar-refractivity contribution in [3.05, 3.63) is 29.8 Å². The van der Waals surface area contributed by atoms with Gasteiger partial charge < -0.3 is 4.90 Å². The number of piperazine rings is 1. The first-order chi connectivity index (χ1) is 10.0. The molecule has 0 spiro atoms. The lowest BCUT2D eigenvalue weighted by Gasteiger charge is -2.50. The molecule has 0 radical (unpaired) electrons. The number of fused-ring (bicyclic) bond motifs is 1. The molecule has 2 aliphatic heterocycles. The predicted octanol–water partition coefficient (Wildman–Crippen LogP) is 3.66. The molecule has 2 saturated heterocycles. The van der Waals surface area contributed by atoms with Crippen LogP contribution in [0, 0.1) is 17.6 Å². The molecule has 1 aromatic carbocycles. The van der Waals surface area contributed by atoms with Crippen molar-refractivity contribution < 1.29 is 8.78 Å². The minimum atomic E-state index is -0.487. The third kappa shape index (κ3) is 3.05. The van der Waals surface area contributed by atoms with Crippen molar-refractivity contribution in [3.8, 4) is 0 Å². The van der Waals surface area contributed by atoms with E-state index in [1.165, 1.54) is 37.9 Å². The summed E-state index contributed by atoms with van der Waals surface area (Å²) in [7, 11) is 0. The van der Waals surface area contributed by atoms with Crippen molar-refractivity contribution in [1.82, 2.24) is 4.90 Å². The Morgan fingerprint density at radius 2 is 1.76 bits per heavy atom. The van der Waals surface area contributed by atoms with E-state index in [9.17, 15) is 8.78 Å². The van der Waals surface area contributed by atoms with E-state index in [2.05, 4.69) is 23.6 Å². The van der Waals surface area contributed by atoms with Crippen LogP contribution in [0.4, 0.5) is 14.5 Å². The van der Waals surface area contributed by atoms with Gasteiger partial charge in [0.25, 0.3) is 0 Å². The average Bonchev–Trinajstić information content (AvgIpc) is 2.44. The van der Waals surface area contributed by atoms with Crippen molar-refractivity contribution in [2.75, 3.05) is 24.5 Å². The molecule has 0 saturated carbocycles. The lowest BCUT2D eigenvalue weighted by Crippen LogP contribution is -2.61. The average molecular weight is 294 g/mol. The van der Waals surface area contributed by atoms with E-state index in [1.54, 1.807) is 0 Å². The number of halogens is 2. The second-order valence-electron chi connectivity index (χ2n) is 6.74. The van der Waals surface area contributed by atoms with Crippen LogP contribution in [0.25, 0.3) is 0 Å². The number of anilines is 1. The molecular weight excluding hydrogens is 270 g/mol. The summed E-state index contributed by atoms with van der Waals surface area (Å²) in [6.07, 6.45) is 3.73. The first-order valence-electron chi connectivity index (χ1n) is 8.01. The van der Waals surface area contributed by atoms with Gasteiger partial charge in [-0.2, -0.15) is 0 Å². The van der Waals surface area contributed by atoms with E-state index < -0.39 is 11.6 Å². The molecule has 116 valence electrons. The van der Waals surface area contributed by atoms with Gasteiger partial charge in [-0.05, 0) is 37.4 Å². The molecule has 2 fully saturated rings. The van der Waals surface area contributed by atoms with Crippen LogP contribution in [0.5, 0.6) is 0 Å². The Morgan fingerprint density at radius 1 is 1.05 bits per heavy atom. The SMILES string of the molecule is CC(C)C1CN2CCCCC2CN1c1cc(F)cc(F)c1. The first-order valence-corrected chi connectivity index (χ1v) is 8.01. The van der Waals surface area contributed by atoms with Crippen molar-refractivity contribution in [1.29, 1.82) is 0 Å². The smallest absolute Gasteiger partial charge is 0.128 e. The Bertz CT molecular complexity index is 483. The summed E-state index contributed by atoms with van der Waals surface area (Å²) < 4.78 is 27.1. The van der Waals surface area contributed by atoms with E-state index in [0.29, 0.717) is 23.7 Å². The van der Waals surface area contributed by atoms with Gasteiger partial charge in [-0.3, -0.25) is 4.90 Å². The van der Waals surface area contributed by atoms with Crippen molar-refractivity contribution in [2.24, 2.45) is 5.92 Å². The van der Waals surface area contributed by atoms with Gasteiger partial charge in [0, 0.05) is 36.9 Å². The van der Waals surface area contributed by atoms with Gasteiger partial charge in [-0.1, -0.05) is 20.3 Å². The summed E-state index contributed by atoms with van der Waals surface area (Å²) in [5.74, 6) is -0.517. The summed E-state index contributed by atoms with van der Waals surface area (Å²) in [6, 6.07) is 4.74. The summed E-state index contributed by atoms with van der Waals surface area (Å²) in [6.45, 7) is 7.43. The molecule has 0 bridgehead atoms. The Hall–Kier alpha value is -1.16. The van der Waals surface area contributed by atoms with Gasteiger partial charge >= 0.3 is 0 Å². The van der Waals surface area contributed by atoms with Crippen LogP contribution < -0.4 is 4.90 Å². The molecule has 0 amide bonds. The zero-order valence-electron chi connectivity index (χ0n) is 12.9. The van der Waals surface area contributed by atoms with Gasteiger partial charge in [0.2, 0.25) is 0 Å². The fourth-order valence-electron chi connectivity index (χ4n) is 3.78. The summed E-state index contributed by atoms with van der Waals surface area (Å²) in [5, 5.41) is 0. The lowest BCUT2D eigenvalue weighted by atomic mass is 9.91. The topological polar surface area (TPSA) is 6.48 Å². The second kappa shape index (κ2) is 5.91. The lowest BCUT2D eigenvalue weighted by molar-refractivity contribution is 0.100. The molecule has 4 heteroatoms. The van der Waals surface area contributed by atoms with Gasteiger partial charge in [-0.15, -0.1) is 0 Å². The molecular formula is C17H24F2N2. The van der Waals surface area contributed by atoms with E-state index >= 15 is 0 Å². The Labute approximate surface area is 125 Å². The summed E-state index contributed by atoms with van der Waals surface area (Å²) in [5.41, 5.74) is 0.691. The second-order valence-corrected chi connectivity index (χ2v) is 6.74. The number of hydrogen-bond donors (Lipinski definition) is 0. The standard InChI is InChI=1S/C17H24F2N2/c1-12(2)17-11-20-6-4-3-5-15(20)10-21(17)16-8-13(18)7-14(19)9-16/h7-9,12,15,17H,3-6,10-11H2,1-2H3. The number of nitrogens with zero attached hydrogens (tertiary/aromatic N) is 2. The minimum absolute atomic E-state index is 0.320. The van der Waals surface area contributed by atoms with E-state index in [-0.39, 0.29) is 0 Å². The molecule has 2 nitrogen and oxygen atoms in total. The van der Waals surface area contributed by atoms with Crippen LogP contribution in [-0.4, -0.2) is 36.6 Å². The highest BCUT2D eigenvalue weighted by atomic mass is 19.1. The van der Waals surface area contributed by atoms with Crippen LogP contribution in [0.3, 0.4) is 0 Å². The molecule has 2 atom stereocenters. The van der Waals surface area contributed by atoms with Gasteiger partial charge in [-0.25, -0.2) is 8.78 Å². The molecule has 1 aromatic rings. The van der Waals surface area contributed by atoms with Crippen LogP contribution in [0.15, 0.2) is 18.2 Å². The Balaban J connectivity index is 1.89. The highest BCUT2D eigenvalue weighted by Gasteiger charge is 2.36. The van der Waals surface area contributed by atoms with Crippen LogP contribution >= 0.6 is 0 Å². The van der Waals surface area contributed by atoms with Crippen molar-refractivity contribution in [2.45, 2.75) is 45.2 Å². The van der Waals surface area contributed by atoms with Gasteiger partial charge in [0.15, 0.2) is 0 Å². The number of rotatable bonds is 2. The van der Waals surface area contributed by atoms with Gasteiger partial charge in [0.05, 0.1) is 0 Å². The highest BCUT2D eigenvalue weighted by Crippen LogP contribution is 2.31. The third-order valence-corrected chi connectivity index (χ3v) is 4.93. The zero-order chi connectivity index (χ0) is 15.0. The molecule has 2 heterocycles. The first kappa shape index (κ1) is 14.8. The van der Waals surface area contributed by atoms with E-state index in [1.807, 2.05) is 0 Å². The molecule has 0 aliphatic carbocycles. The number of hydrogen-bond acceptors (Lipinski definition) is 2. The monoisotopic (exact) mass is 294 g/mol. The zero-order valence-corrected chi connectivity index (χ0v) is 12.9. The van der Waals surface area contributed by atoms with Crippen LogP contribution in [-0.2, 0) is 0 Å². The van der Waals surface area contributed by atoms with E-state index in [0.717, 1.165) is 19.2 Å². The van der Waals surface area contributed by atoms with Crippen molar-refractivity contribution >= 4 is 5.69 Å². The Morgan fingerprint density at radius 3 is 2.43 bits per heavy atom. The maximum Gasteiger partial charge on any atom is 0.128 e. The molecule has 21 heavy (non-hydrogen) atoms. The molecule has 0 aromatic heterocycles. The quantitative estimate of drug-likeness (QED) is 0.821. The third-order valence-electron chi connectivity index (χ3n) is 4.93. The van der Waals surface area contributed by atoms with E-state index in [4.69, 9.17) is 0 Å². The molecule has 2 unspecified atom stereocenters. The normalized spacial score (nSPS) is 27.0. The fraction of sp³-hybridized carbons (Fsp3) is 0.647. The minimum Gasteiger partial charge on any atom is -0.365 e. The molecule has 2 aliphatic rings. The van der Waals surface area contributed by atoms with Crippen LogP contribution in [0.1, 0.15) is 33.1 Å². The predicted molar refractivity (Wildman–Crippen MR) is 81.5 cm³/mol. The highest BCUT2D eigenvalue weighted by molar-refractivity contribution is 5.49. The summed E-state index contributed by atoms with van der Waals surface area (Å²) in [4.78, 5) is 4.80. The number of piperidine rings is 1. The fourth-order valence-corrected chi connectivity index (χ4v) is 3.78.